The number of hydrogen-bond acceptors (Lipinski definition) is 4. The fraction of sp³-hybridized carbons (Fsp3) is 0.391. The molecule has 2 aromatic carbocycles. The molecule has 4 rings (SSSR count). The summed E-state index contributed by atoms with van der Waals surface area (Å²) in [7, 11) is 1.70. The lowest BCUT2D eigenvalue weighted by Crippen LogP contribution is -2.52. The van der Waals surface area contributed by atoms with Crippen LogP contribution >= 0.6 is 24.0 Å². The van der Waals surface area contributed by atoms with Gasteiger partial charge in [-0.05, 0) is 43.3 Å². The van der Waals surface area contributed by atoms with Gasteiger partial charge in [-0.2, -0.15) is 0 Å². The Morgan fingerprint density at radius 3 is 2.52 bits per heavy atom. The molecule has 0 bridgehead atoms. The molecule has 1 aliphatic heterocycles. The highest BCUT2D eigenvalue weighted by atomic mass is 127. The first-order valence-corrected chi connectivity index (χ1v) is 10.6. The Labute approximate surface area is 200 Å². The lowest BCUT2D eigenvalue weighted by Gasteiger charge is -2.37. The molecule has 7 nitrogen and oxygen atoms in total. The fourth-order valence-corrected chi connectivity index (χ4v) is 3.79. The van der Waals surface area contributed by atoms with E-state index in [1.54, 1.807) is 7.11 Å². The van der Waals surface area contributed by atoms with Gasteiger partial charge in [0.2, 0.25) is 0 Å². The van der Waals surface area contributed by atoms with E-state index in [2.05, 4.69) is 50.2 Å². The summed E-state index contributed by atoms with van der Waals surface area (Å²) >= 11 is 0. The van der Waals surface area contributed by atoms with E-state index in [4.69, 9.17) is 9.73 Å². The molecule has 0 amide bonds. The number of aromatic nitrogens is 2. The molecule has 2 N–H and O–H groups in total. The Morgan fingerprint density at radius 2 is 1.84 bits per heavy atom. The minimum absolute atomic E-state index is 0. The average molecular weight is 534 g/mol. The third-order valence-corrected chi connectivity index (χ3v) is 5.40. The van der Waals surface area contributed by atoms with E-state index >= 15 is 0 Å². The molecule has 3 aromatic rings. The number of nitrogens with one attached hydrogen (secondary N) is 2. The molecule has 2 heterocycles. The number of aliphatic imine (C=N–C) groups is 1. The van der Waals surface area contributed by atoms with Gasteiger partial charge in [-0.3, -0.25) is 4.99 Å². The van der Waals surface area contributed by atoms with E-state index in [9.17, 15) is 0 Å². The van der Waals surface area contributed by atoms with Gasteiger partial charge in [0.1, 0.15) is 11.6 Å². The highest BCUT2D eigenvalue weighted by Gasteiger charge is 2.19. The van der Waals surface area contributed by atoms with Crippen LogP contribution in [0.25, 0.3) is 11.0 Å². The number of H-pyrrole nitrogens is 1. The fourth-order valence-electron chi connectivity index (χ4n) is 3.79. The van der Waals surface area contributed by atoms with Gasteiger partial charge in [0, 0.05) is 51.4 Å². The van der Waals surface area contributed by atoms with Crippen LogP contribution in [0, 0.1) is 0 Å². The summed E-state index contributed by atoms with van der Waals surface area (Å²) in [6, 6.07) is 16.4. The molecule has 166 valence electrons. The number of nitrogens with zero attached hydrogens (tertiary/aromatic N) is 4. The quantitative estimate of drug-likeness (QED) is 0.288. The van der Waals surface area contributed by atoms with Gasteiger partial charge >= 0.3 is 0 Å². The summed E-state index contributed by atoms with van der Waals surface area (Å²) in [5.74, 6) is 2.87. The summed E-state index contributed by atoms with van der Waals surface area (Å²) in [5.41, 5.74) is 3.33. The van der Waals surface area contributed by atoms with Gasteiger partial charge in [-0.25, -0.2) is 4.98 Å². The van der Waals surface area contributed by atoms with Crippen LogP contribution in [-0.2, 0) is 6.42 Å². The highest BCUT2D eigenvalue weighted by molar-refractivity contribution is 14.0. The van der Waals surface area contributed by atoms with Crippen LogP contribution in [0.1, 0.15) is 12.7 Å². The van der Waals surface area contributed by atoms with Crippen molar-refractivity contribution in [1.29, 1.82) is 0 Å². The first-order chi connectivity index (χ1) is 14.8. The number of aromatic amines is 1. The molecule has 0 radical (unpaired) electrons. The number of benzene rings is 2. The summed E-state index contributed by atoms with van der Waals surface area (Å²) in [6.07, 6.45) is 0.801. The van der Waals surface area contributed by atoms with Gasteiger partial charge in [0.25, 0.3) is 0 Å². The van der Waals surface area contributed by atoms with Crippen LogP contribution in [0.15, 0.2) is 53.5 Å². The Balaban J connectivity index is 0.00000272. The first-order valence-electron chi connectivity index (χ1n) is 10.6. The van der Waals surface area contributed by atoms with Crippen molar-refractivity contribution in [2.75, 3.05) is 51.3 Å². The molecule has 1 aliphatic rings. The predicted molar refractivity (Wildman–Crippen MR) is 138 cm³/mol. The number of halogens is 1. The van der Waals surface area contributed by atoms with Crippen molar-refractivity contribution < 1.29 is 4.74 Å². The van der Waals surface area contributed by atoms with Crippen LogP contribution < -0.4 is 15.0 Å². The van der Waals surface area contributed by atoms with Crippen LogP contribution in [0.2, 0.25) is 0 Å². The van der Waals surface area contributed by atoms with Gasteiger partial charge in [0.05, 0.1) is 18.1 Å². The van der Waals surface area contributed by atoms with Crippen molar-refractivity contribution in [3.05, 3.63) is 54.4 Å². The molecular weight excluding hydrogens is 503 g/mol. The maximum absolute atomic E-state index is 5.26. The predicted octanol–water partition coefficient (Wildman–Crippen LogP) is 3.52. The molecular formula is C23H31IN6O. The Hall–Kier alpha value is -2.49. The van der Waals surface area contributed by atoms with E-state index in [-0.39, 0.29) is 24.0 Å². The molecule has 0 spiro atoms. The maximum Gasteiger partial charge on any atom is 0.194 e. The van der Waals surface area contributed by atoms with Gasteiger partial charge in [0.15, 0.2) is 5.96 Å². The summed E-state index contributed by atoms with van der Waals surface area (Å²) < 4.78 is 5.26. The summed E-state index contributed by atoms with van der Waals surface area (Å²) in [6.45, 7) is 7.52. The third kappa shape index (κ3) is 5.81. The number of rotatable bonds is 6. The Bertz CT molecular complexity index is 946. The van der Waals surface area contributed by atoms with Gasteiger partial charge in [-0.1, -0.05) is 12.1 Å². The number of ether oxygens (including phenoxy) is 1. The average Bonchev–Trinajstić information content (AvgIpc) is 3.21. The van der Waals surface area contributed by atoms with Crippen molar-refractivity contribution in [2.45, 2.75) is 13.3 Å². The van der Waals surface area contributed by atoms with Gasteiger partial charge < -0.3 is 24.8 Å². The SMILES string of the molecule is CCNC(=NCCc1nc2ccccc2[nH]1)N1CCN(c2ccc(OC)cc2)CC1.I. The number of guanidine groups is 1. The van der Waals surface area contributed by atoms with E-state index < -0.39 is 0 Å². The maximum atomic E-state index is 5.26. The lowest BCUT2D eigenvalue weighted by atomic mass is 10.2. The summed E-state index contributed by atoms with van der Waals surface area (Å²) in [5, 5.41) is 3.45. The molecule has 1 saturated heterocycles. The number of para-hydroxylation sites is 2. The molecule has 1 aromatic heterocycles. The van der Waals surface area contributed by atoms with E-state index in [0.29, 0.717) is 6.54 Å². The number of hydrogen-bond donors (Lipinski definition) is 2. The largest absolute Gasteiger partial charge is 0.497 e. The second-order valence-electron chi connectivity index (χ2n) is 7.36. The van der Waals surface area contributed by atoms with Crippen molar-refractivity contribution in [2.24, 2.45) is 4.99 Å². The van der Waals surface area contributed by atoms with E-state index in [1.807, 2.05) is 30.3 Å². The van der Waals surface area contributed by atoms with Crippen LogP contribution in [0.3, 0.4) is 0 Å². The molecule has 0 saturated carbocycles. The highest BCUT2D eigenvalue weighted by Crippen LogP contribution is 2.20. The molecule has 0 unspecified atom stereocenters. The second-order valence-corrected chi connectivity index (χ2v) is 7.36. The number of anilines is 1. The Morgan fingerprint density at radius 1 is 1.10 bits per heavy atom. The summed E-state index contributed by atoms with van der Waals surface area (Å²) in [4.78, 5) is 17.7. The van der Waals surface area contributed by atoms with Crippen LogP contribution in [-0.4, -0.2) is 67.2 Å². The van der Waals surface area contributed by atoms with E-state index in [1.165, 1.54) is 5.69 Å². The molecule has 31 heavy (non-hydrogen) atoms. The van der Waals surface area contributed by atoms with Crippen molar-refractivity contribution in [1.82, 2.24) is 20.2 Å². The molecule has 1 fully saturated rings. The Kier molecular flexibility index (Phi) is 8.39. The van der Waals surface area contributed by atoms with Crippen molar-refractivity contribution in [3.8, 4) is 5.75 Å². The van der Waals surface area contributed by atoms with Crippen LogP contribution in [0.4, 0.5) is 5.69 Å². The zero-order valence-electron chi connectivity index (χ0n) is 18.2. The lowest BCUT2D eigenvalue weighted by molar-refractivity contribution is 0.372. The first kappa shape index (κ1) is 23.2. The number of methoxy groups -OCH3 is 1. The monoisotopic (exact) mass is 534 g/mol. The molecule has 8 heteroatoms. The number of fused-ring (bicyclic) bond motifs is 1. The minimum Gasteiger partial charge on any atom is -0.497 e. The smallest absolute Gasteiger partial charge is 0.194 e. The van der Waals surface area contributed by atoms with Crippen LogP contribution in [0.5, 0.6) is 5.75 Å². The minimum atomic E-state index is 0. The van der Waals surface area contributed by atoms with Crippen molar-refractivity contribution in [3.63, 3.8) is 0 Å². The van der Waals surface area contributed by atoms with E-state index in [0.717, 1.165) is 67.7 Å². The topological polar surface area (TPSA) is 68.8 Å². The zero-order chi connectivity index (χ0) is 20.8. The number of imidazole rings is 1. The second kappa shape index (κ2) is 11.2. The third-order valence-electron chi connectivity index (χ3n) is 5.40. The normalized spacial score (nSPS) is 14.5. The molecule has 0 aliphatic carbocycles. The van der Waals surface area contributed by atoms with Crippen molar-refractivity contribution >= 4 is 46.7 Å². The molecule has 0 atom stereocenters. The van der Waals surface area contributed by atoms with Gasteiger partial charge in [-0.15, -0.1) is 24.0 Å². The standard InChI is InChI=1S/C23H30N6O.HI/c1-3-24-23(25-13-12-22-26-20-6-4-5-7-21(20)27-22)29-16-14-28(15-17-29)18-8-10-19(30-2)11-9-18;/h4-11H,3,12-17H2,1-2H3,(H,24,25)(H,26,27);1H. The number of piperazine rings is 1. The zero-order valence-corrected chi connectivity index (χ0v) is 20.5.